The first-order valence-corrected chi connectivity index (χ1v) is 16.1. The molecule has 5 heteroatoms. The van der Waals surface area contributed by atoms with Crippen molar-refractivity contribution < 1.29 is 9.90 Å². The van der Waals surface area contributed by atoms with Gasteiger partial charge < -0.3 is 19.8 Å². The molecule has 1 N–H and O–H groups in total. The van der Waals surface area contributed by atoms with Crippen LogP contribution in [0.25, 0.3) is 0 Å². The van der Waals surface area contributed by atoms with Gasteiger partial charge in [-0.3, -0.25) is 4.79 Å². The molecule has 1 heterocycles. The summed E-state index contributed by atoms with van der Waals surface area (Å²) >= 11 is 0. The number of aliphatic hydroxyl groups excluding tert-OH is 1. The van der Waals surface area contributed by atoms with E-state index in [4.69, 9.17) is 5.11 Å². The second-order valence-corrected chi connectivity index (χ2v) is 12.0. The van der Waals surface area contributed by atoms with Crippen molar-refractivity contribution in [1.29, 1.82) is 0 Å². The van der Waals surface area contributed by atoms with Crippen molar-refractivity contribution in [3.63, 3.8) is 0 Å². The van der Waals surface area contributed by atoms with E-state index in [1.54, 1.807) is 0 Å². The molecule has 0 bridgehead atoms. The summed E-state index contributed by atoms with van der Waals surface area (Å²) in [6.07, 6.45) is 9.83. The normalized spacial score (nSPS) is 14.2. The summed E-state index contributed by atoms with van der Waals surface area (Å²) < 4.78 is 0. The zero-order valence-electron chi connectivity index (χ0n) is 25.9. The van der Waals surface area contributed by atoms with Crippen LogP contribution in [0.2, 0.25) is 0 Å². The lowest BCUT2D eigenvalue weighted by Crippen LogP contribution is -2.47. The Kier molecular flexibility index (Phi) is 12.9. The lowest BCUT2D eigenvalue weighted by Gasteiger charge is -2.39. The Labute approximate surface area is 254 Å². The Bertz CT molecular complexity index is 1170. The number of aryl methyl sites for hydroxylation is 1. The van der Waals surface area contributed by atoms with Crippen molar-refractivity contribution in [1.82, 2.24) is 9.80 Å². The second-order valence-electron chi connectivity index (χ2n) is 12.0. The molecule has 0 spiro atoms. The summed E-state index contributed by atoms with van der Waals surface area (Å²) in [5, 5.41) is 9.08. The quantitative estimate of drug-likeness (QED) is 0.184. The number of rotatable bonds is 16. The molecular weight excluding hydrogens is 518 g/mol. The van der Waals surface area contributed by atoms with Crippen molar-refractivity contribution in [3.8, 4) is 0 Å². The van der Waals surface area contributed by atoms with Gasteiger partial charge in [-0.2, -0.15) is 0 Å². The first kappa shape index (κ1) is 31.8. The molecule has 1 aliphatic heterocycles. The van der Waals surface area contributed by atoms with E-state index in [1.165, 1.54) is 41.6 Å². The molecule has 0 aliphatic carbocycles. The lowest BCUT2D eigenvalue weighted by molar-refractivity contribution is 0.0548. The molecule has 0 unspecified atom stereocenters. The van der Waals surface area contributed by atoms with Crippen LogP contribution in [0.15, 0.2) is 78.9 Å². The maximum atomic E-state index is 14.0. The molecule has 0 atom stereocenters. The topological polar surface area (TPSA) is 47.0 Å². The van der Waals surface area contributed by atoms with Gasteiger partial charge in [-0.1, -0.05) is 74.4 Å². The van der Waals surface area contributed by atoms with Crippen molar-refractivity contribution >= 4 is 11.6 Å². The summed E-state index contributed by atoms with van der Waals surface area (Å²) in [5.41, 5.74) is 5.74. The Morgan fingerprint density at radius 1 is 0.786 bits per heavy atom. The number of carbonyl (C=O) groups excluding carboxylic acids is 1. The molecular formula is C37H51N3O2. The van der Waals surface area contributed by atoms with Crippen molar-refractivity contribution in [2.75, 3.05) is 38.2 Å². The standard InChI is InChI=1S/C37H51N3O2/c1-3-4-7-12-31-15-19-34(20-16-31)37(42)40(36-23-26-39(27-24-36)25-10-6-11-28-41)30-33-17-21-35(22-18-33)38(2)29-32-13-8-5-9-14-32/h5,8-9,13-22,36,41H,3-4,6-7,10-12,23-30H2,1-2H3. The zero-order valence-corrected chi connectivity index (χ0v) is 25.9. The number of likely N-dealkylation sites (tertiary alicyclic amines) is 1. The van der Waals surface area contributed by atoms with Gasteiger partial charge in [0.05, 0.1) is 0 Å². The van der Waals surface area contributed by atoms with E-state index in [1.807, 2.05) is 12.1 Å². The van der Waals surface area contributed by atoms with Crippen LogP contribution in [0, 0.1) is 0 Å². The number of amides is 1. The number of carbonyl (C=O) groups is 1. The number of hydrogen-bond acceptors (Lipinski definition) is 4. The number of anilines is 1. The van der Waals surface area contributed by atoms with Gasteiger partial charge >= 0.3 is 0 Å². The van der Waals surface area contributed by atoms with Gasteiger partial charge in [0.2, 0.25) is 0 Å². The van der Waals surface area contributed by atoms with Crippen LogP contribution in [0.4, 0.5) is 5.69 Å². The third-order valence-corrected chi connectivity index (χ3v) is 8.65. The second kappa shape index (κ2) is 17.1. The molecule has 1 amide bonds. The average Bonchev–Trinajstić information content (AvgIpc) is 3.03. The fourth-order valence-electron chi connectivity index (χ4n) is 6.01. The summed E-state index contributed by atoms with van der Waals surface area (Å²) in [6.45, 7) is 7.12. The van der Waals surface area contributed by atoms with Gasteiger partial charge in [-0.15, -0.1) is 0 Å². The van der Waals surface area contributed by atoms with E-state index >= 15 is 0 Å². The third-order valence-electron chi connectivity index (χ3n) is 8.65. The minimum absolute atomic E-state index is 0.141. The van der Waals surface area contributed by atoms with Crippen LogP contribution in [0.5, 0.6) is 0 Å². The van der Waals surface area contributed by atoms with Crippen LogP contribution >= 0.6 is 0 Å². The van der Waals surface area contributed by atoms with Gasteiger partial charge in [0.15, 0.2) is 0 Å². The van der Waals surface area contributed by atoms with Crippen molar-refractivity contribution in [3.05, 3.63) is 101 Å². The Morgan fingerprint density at radius 2 is 1.45 bits per heavy atom. The maximum absolute atomic E-state index is 14.0. The number of nitrogens with zero attached hydrogens (tertiary/aromatic N) is 3. The van der Waals surface area contributed by atoms with Gasteiger partial charge in [-0.05, 0) is 92.4 Å². The molecule has 1 fully saturated rings. The van der Waals surface area contributed by atoms with E-state index in [-0.39, 0.29) is 18.6 Å². The largest absolute Gasteiger partial charge is 0.396 e. The van der Waals surface area contributed by atoms with E-state index in [0.717, 1.165) is 70.3 Å². The Hall–Kier alpha value is -3.15. The van der Waals surface area contributed by atoms with E-state index in [0.29, 0.717) is 6.54 Å². The summed E-state index contributed by atoms with van der Waals surface area (Å²) in [5.74, 6) is 0.141. The monoisotopic (exact) mass is 569 g/mol. The fraction of sp³-hybridized carbons (Fsp3) is 0.486. The van der Waals surface area contributed by atoms with Gasteiger partial charge in [0.25, 0.3) is 5.91 Å². The SMILES string of the molecule is CCCCCc1ccc(C(=O)N(Cc2ccc(N(C)Cc3ccccc3)cc2)C2CCN(CCCCCO)CC2)cc1. The molecule has 0 radical (unpaired) electrons. The molecule has 42 heavy (non-hydrogen) atoms. The number of aliphatic hydroxyl groups is 1. The minimum atomic E-state index is 0.141. The maximum Gasteiger partial charge on any atom is 0.254 e. The highest BCUT2D eigenvalue weighted by Crippen LogP contribution is 2.24. The molecule has 226 valence electrons. The predicted molar refractivity (Wildman–Crippen MR) is 175 cm³/mol. The van der Waals surface area contributed by atoms with Crippen molar-refractivity contribution in [2.45, 2.75) is 83.8 Å². The third kappa shape index (κ3) is 9.71. The summed E-state index contributed by atoms with van der Waals surface area (Å²) in [7, 11) is 2.13. The van der Waals surface area contributed by atoms with Crippen LogP contribution in [0.3, 0.4) is 0 Å². The number of unbranched alkanes of at least 4 members (excludes halogenated alkanes) is 4. The van der Waals surface area contributed by atoms with Crippen LogP contribution in [0.1, 0.15) is 85.3 Å². The van der Waals surface area contributed by atoms with Gasteiger partial charge in [0.1, 0.15) is 0 Å². The van der Waals surface area contributed by atoms with Crippen LogP contribution in [-0.4, -0.2) is 60.1 Å². The van der Waals surface area contributed by atoms with E-state index < -0.39 is 0 Å². The molecule has 3 aromatic rings. The fourth-order valence-corrected chi connectivity index (χ4v) is 6.01. The first-order chi connectivity index (χ1) is 20.6. The molecule has 1 saturated heterocycles. The highest BCUT2D eigenvalue weighted by atomic mass is 16.2. The predicted octanol–water partition coefficient (Wildman–Crippen LogP) is 7.33. The highest BCUT2D eigenvalue weighted by molar-refractivity contribution is 5.94. The zero-order chi connectivity index (χ0) is 29.6. The molecule has 0 aromatic heterocycles. The average molecular weight is 570 g/mol. The highest BCUT2D eigenvalue weighted by Gasteiger charge is 2.28. The summed E-state index contributed by atoms with van der Waals surface area (Å²) in [6, 6.07) is 27.9. The van der Waals surface area contributed by atoms with Gasteiger partial charge in [-0.25, -0.2) is 0 Å². The molecule has 0 saturated carbocycles. The Balaban J connectivity index is 1.43. The molecule has 4 rings (SSSR count). The van der Waals surface area contributed by atoms with E-state index in [2.05, 4.69) is 95.4 Å². The molecule has 1 aliphatic rings. The Morgan fingerprint density at radius 3 is 2.12 bits per heavy atom. The number of benzene rings is 3. The first-order valence-electron chi connectivity index (χ1n) is 16.1. The van der Waals surface area contributed by atoms with E-state index in [9.17, 15) is 4.79 Å². The minimum Gasteiger partial charge on any atom is -0.396 e. The molecule has 3 aromatic carbocycles. The van der Waals surface area contributed by atoms with Crippen LogP contribution < -0.4 is 4.90 Å². The van der Waals surface area contributed by atoms with Gasteiger partial charge in [0, 0.05) is 57.1 Å². The van der Waals surface area contributed by atoms with Crippen LogP contribution in [-0.2, 0) is 19.5 Å². The van der Waals surface area contributed by atoms with Crippen molar-refractivity contribution in [2.24, 2.45) is 0 Å². The summed E-state index contributed by atoms with van der Waals surface area (Å²) in [4.78, 5) is 20.9. The number of piperidine rings is 1. The number of hydrogen-bond donors (Lipinski definition) is 1. The lowest BCUT2D eigenvalue weighted by atomic mass is 9.99. The molecule has 5 nitrogen and oxygen atoms in total. The smallest absolute Gasteiger partial charge is 0.254 e.